The van der Waals surface area contributed by atoms with Gasteiger partial charge in [-0.15, -0.1) is 0 Å². The second-order valence-electron chi connectivity index (χ2n) is 9.43. The molecule has 0 spiro atoms. The van der Waals surface area contributed by atoms with Crippen molar-refractivity contribution in [2.24, 2.45) is 5.73 Å². The quantitative estimate of drug-likeness (QED) is 0.133. The molecule has 0 radical (unpaired) electrons. The van der Waals surface area contributed by atoms with Crippen molar-refractivity contribution in [3.8, 4) is 0 Å². The number of rotatable bonds is 19. The molecular weight excluding hydrogens is 430 g/mol. The lowest BCUT2D eigenvalue weighted by Gasteiger charge is -2.40. The number of hydrogen-bond donors (Lipinski definition) is 7. The normalized spacial score (nSPS) is 28.5. The zero-order valence-electron chi connectivity index (χ0n) is 20.3. The smallest absolute Gasteiger partial charge is 0.186 e. The highest BCUT2D eigenvalue weighted by molar-refractivity contribution is 4.89. The van der Waals surface area contributed by atoms with Gasteiger partial charge in [-0.3, -0.25) is 0 Å². The highest BCUT2D eigenvalue weighted by atomic mass is 16.7. The Morgan fingerprint density at radius 3 is 1.82 bits per heavy atom. The van der Waals surface area contributed by atoms with Gasteiger partial charge >= 0.3 is 0 Å². The number of unbranched alkanes of at least 4 members (excludes halogenated alkanes) is 11. The fourth-order valence-corrected chi connectivity index (χ4v) is 4.16. The molecule has 1 heterocycles. The van der Waals surface area contributed by atoms with Crippen LogP contribution in [0.15, 0.2) is 0 Å². The average Bonchev–Trinajstić information content (AvgIpc) is 2.82. The fourth-order valence-electron chi connectivity index (χ4n) is 4.16. The topological polar surface area (TPSA) is 166 Å². The van der Waals surface area contributed by atoms with E-state index in [0.29, 0.717) is 6.42 Å². The summed E-state index contributed by atoms with van der Waals surface area (Å²) in [5.74, 6) is 0. The second kappa shape index (κ2) is 18.0. The summed E-state index contributed by atoms with van der Waals surface area (Å²) in [4.78, 5) is 0. The maximum Gasteiger partial charge on any atom is 0.186 e. The number of aliphatic hydroxyl groups is 6. The molecular formula is C24H49NO8. The van der Waals surface area contributed by atoms with Gasteiger partial charge in [-0.2, -0.15) is 0 Å². The van der Waals surface area contributed by atoms with Crippen molar-refractivity contribution in [3.63, 3.8) is 0 Å². The molecule has 0 unspecified atom stereocenters. The molecule has 1 saturated heterocycles. The van der Waals surface area contributed by atoms with Crippen LogP contribution in [0.5, 0.6) is 0 Å². The lowest BCUT2D eigenvalue weighted by molar-refractivity contribution is -0.302. The van der Waals surface area contributed by atoms with Crippen LogP contribution in [0.25, 0.3) is 0 Å². The van der Waals surface area contributed by atoms with E-state index in [1.165, 1.54) is 57.8 Å². The van der Waals surface area contributed by atoms with Gasteiger partial charge in [0.05, 0.1) is 31.5 Å². The van der Waals surface area contributed by atoms with E-state index < -0.39 is 55.6 Å². The van der Waals surface area contributed by atoms with Gasteiger partial charge in [-0.05, 0) is 6.42 Å². The van der Waals surface area contributed by atoms with E-state index in [1.807, 2.05) is 0 Å². The van der Waals surface area contributed by atoms with Crippen LogP contribution < -0.4 is 5.73 Å². The predicted molar refractivity (Wildman–Crippen MR) is 125 cm³/mol. The molecule has 1 rings (SSSR count). The summed E-state index contributed by atoms with van der Waals surface area (Å²) >= 11 is 0. The van der Waals surface area contributed by atoms with Crippen LogP contribution in [0.3, 0.4) is 0 Å². The monoisotopic (exact) mass is 479 g/mol. The van der Waals surface area contributed by atoms with E-state index in [0.717, 1.165) is 19.3 Å². The Morgan fingerprint density at radius 2 is 1.30 bits per heavy atom. The Morgan fingerprint density at radius 1 is 0.788 bits per heavy atom. The zero-order valence-corrected chi connectivity index (χ0v) is 20.3. The van der Waals surface area contributed by atoms with Crippen LogP contribution in [-0.2, 0) is 9.47 Å². The third kappa shape index (κ3) is 11.7. The SMILES string of the molecule is CCCCCCCCCCCCCC[C@@H](O)[C@@H](O)[C@@H](N)CO[C@@H]1O[C@H](CO)[C@H](O)[C@H](O)[C@H]1O. The highest BCUT2D eigenvalue weighted by Crippen LogP contribution is 2.22. The number of aliphatic hydroxyl groups excluding tert-OH is 6. The first-order chi connectivity index (χ1) is 15.8. The Bertz CT molecular complexity index is 470. The van der Waals surface area contributed by atoms with Gasteiger partial charge in [0.1, 0.15) is 24.4 Å². The molecule has 198 valence electrons. The summed E-state index contributed by atoms with van der Waals surface area (Å²) in [5.41, 5.74) is 5.91. The first-order valence-corrected chi connectivity index (χ1v) is 12.9. The molecule has 0 saturated carbocycles. The molecule has 1 aliphatic rings. The van der Waals surface area contributed by atoms with Gasteiger partial charge in [0, 0.05) is 0 Å². The molecule has 9 nitrogen and oxygen atoms in total. The van der Waals surface area contributed by atoms with E-state index in [1.54, 1.807) is 0 Å². The lowest BCUT2D eigenvalue weighted by atomic mass is 9.99. The molecule has 0 aromatic carbocycles. The summed E-state index contributed by atoms with van der Waals surface area (Å²) in [5, 5.41) is 59.2. The number of ether oxygens (including phenoxy) is 2. The van der Waals surface area contributed by atoms with E-state index in [-0.39, 0.29) is 6.61 Å². The van der Waals surface area contributed by atoms with Crippen molar-refractivity contribution >= 4 is 0 Å². The maximum absolute atomic E-state index is 10.3. The van der Waals surface area contributed by atoms with Gasteiger partial charge < -0.3 is 45.8 Å². The molecule has 0 aromatic rings. The Hall–Kier alpha value is -0.360. The number of nitrogens with two attached hydrogens (primary N) is 1. The van der Waals surface area contributed by atoms with Crippen LogP contribution in [0.2, 0.25) is 0 Å². The van der Waals surface area contributed by atoms with Crippen LogP contribution in [0, 0.1) is 0 Å². The van der Waals surface area contributed by atoms with Crippen molar-refractivity contribution in [2.75, 3.05) is 13.2 Å². The summed E-state index contributed by atoms with van der Waals surface area (Å²) < 4.78 is 10.6. The highest BCUT2D eigenvalue weighted by Gasteiger charge is 2.44. The van der Waals surface area contributed by atoms with Crippen LogP contribution in [0.4, 0.5) is 0 Å². The fraction of sp³-hybridized carbons (Fsp3) is 1.00. The molecule has 8 N–H and O–H groups in total. The van der Waals surface area contributed by atoms with E-state index in [4.69, 9.17) is 15.2 Å². The summed E-state index contributed by atoms with van der Waals surface area (Å²) in [6, 6.07) is -0.926. The minimum atomic E-state index is -1.54. The Labute approximate surface area is 198 Å². The molecule has 9 heteroatoms. The van der Waals surface area contributed by atoms with Crippen LogP contribution in [0.1, 0.15) is 90.4 Å². The van der Waals surface area contributed by atoms with E-state index in [2.05, 4.69) is 6.92 Å². The molecule has 8 atom stereocenters. The standard InChI is InChI=1S/C24H49NO8/c1-2-3-4-5-6-7-8-9-10-11-12-13-14-18(27)20(28)17(25)16-32-24-23(31)22(30)21(29)19(15-26)33-24/h17-24,26-31H,2-16,25H2,1H3/t17-,18+,19+,20-,21-,22-,23+,24+/m0/s1. The van der Waals surface area contributed by atoms with Crippen molar-refractivity contribution in [1.29, 1.82) is 0 Å². The predicted octanol–water partition coefficient (Wildman–Crippen LogP) is 0.943. The molecule has 1 aliphatic heterocycles. The van der Waals surface area contributed by atoms with Crippen LogP contribution in [-0.4, -0.2) is 92.8 Å². The molecule has 0 aromatic heterocycles. The Balaban J connectivity index is 2.12. The van der Waals surface area contributed by atoms with Crippen molar-refractivity contribution in [3.05, 3.63) is 0 Å². The molecule has 0 bridgehead atoms. The Kier molecular flexibility index (Phi) is 16.7. The van der Waals surface area contributed by atoms with Gasteiger partial charge in [0.2, 0.25) is 0 Å². The van der Waals surface area contributed by atoms with E-state index >= 15 is 0 Å². The maximum atomic E-state index is 10.3. The van der Waals surface area contributed by atoms with Crippen molar-refractivity contribution in [1.82, 2.24) is 0 Å². The largest absolute Gasteiger partial charge is 0.394 e. The second-order valence-corrected chi connectivity index (χ2v) is 9.43. The summed E-state index contributed by atoms with van der Waals surface area (Å²) in [7, 11) is 0. The van der Waals surface area contributed by atoms with E-state index in [9.17, 15) is 30.6 Å². The third-order valence-corrected chi connectivity index (χ3v) is 6.49. The third-order valence-electron chi connectivity index (χ3n) is 6.49. The lowest BCUT2D eigenvalue weighted by Crippen LogP contribution is -2.60. The molecule has 1 fully saturated rings. The van der Waals surface area contributed by atoms with Gasteiger partial charge in [0.25, 0.3) is 0 Å². The number of hydrogen-bond acceptors (Lipinski definition) is 9. The van der Waals surface area contributed by atoms with Crippen molar-refractivity contribution in [2.45, 2.75) is 139 Å². The summed E-state index contributed by atoms with van der Waals surface area (Å²) in [6.45, 7) is 1.44. The van der Waals surface area contributed by atoms with Crippen molar-refractivity contribution < 1.29 is 40.1 Å². The van der Waals surface area contributed by atoms with Gasteiger partial charge in [-0.25, -0.2) is 0 Å². The van der Waals surface area contributed by atoms with Crippen LogP contribution >= 0.6 is 0 Å². The molecule has 0 aliphatic carbocycles. The molecule has 33 heavy (non-hydrogen) atoms. The minimum absolute atomic E-state index is 0.237. The first kappa shape index (κ1) is 30.7. The average molecular weight is 480 g/mol. The summed E-state index contributed by atoms with van der Waals surface area (Å²) in [6.07, 6.45) is 5.95. The van der Waals surface area contributed by atoms with Gasteiger partial charge in [0.15, 0.2) is 6.29 Å². The van der Waals surface area contributed by atoms with Gasteiger partial charge in [-0.1, -0.05) is 84.0 Å². The zero-order chi connectivity index (χ0) is 24.6. The minimum Gasteiger partial charge on any atom is -0.394 e. The first-order valence-electron chi connectivity index (χ1n) is 12.9. The molecule has 0 amide bonds.